The Morgan fingerprint density at radius 3 is 2.13 bits per heavy atom. The molecule has 0 unspecified atom stereocenters. The summed E-state index contributed by atoms with van der Waals surface area (Å²) in [5.74, 6) is 1.01. The maximum absolute atomic E-state index is 8.16. The van der Waals surface area contributed by atoms with Crippen molar-refractivity contribution in [3.63, 3.8) is 0 Å². The van der Waals surface area contributed by atoms with Crippen LogP contribution in [0.15, 0.2) is 97.1 Å². The molecule has 0 amide bonds. The molecule has 30 heavy (non-hydrogen) atoms. The van der Waals surface area contributed by atoms with Crippen LogP contribution in [0.25, 0.3) is 39.2 Å². The summed E-state index contributed by atoms with van der Waals surface area (Å²) in [6, 6.07) is 32.2. The van der Waals surface area contributed by atoms with Crippen LogP contribution in [-0.4, -0.2) is 4.57 Å². The molecule has 0 atom stereocenters. The summed E-state index contributed by atoms with van der Waals surface area (Å²) in [6.45, 7) is -0.213. The van der Waals surface area contributed by atoms with Crippen LogP contribution in [0.3, 0.4) is 0 Å². The van der Waals surface area contributed by atoms with Crippen LogP contribution in [0.1, 0.15) is 15.2 Å². The van der Waals surface area contributed by atoms with Crippen molar-refractivity contribution in [1.82, 2.24) is 4.57 Å². The predicted octanol–water partition coefficient (Wildman–Crippen LogP) is 6.41. The first kappa shape index (κ1) is 15.2. The number of hydrogen-bond acceptors (Lipinski definition) is 0. The van der Waals surface area contributed by atoms with Crippen molar-refractivity contribution < 1.29 is 8.68 Å². The van der Waals surface area contributed by atoms with Gasteiger partial charge in [-0.25, -0.2) is 4.57 Å². The maximum Gasteiger partial charge on any atom is 0.295 e. The van der Waals surface area contributed by atoms with Crippen molar-refractivity contribution in [2.45, 2.75) is 13.8 Å². The zero-order chi connectivity index (χ0) is 23.2. The van der Waals surface area contributed by atoms with Gasteiger partial charge in [-0.15, -0.1) is 0 Å². The van der Waals surface area contributed by atoms with Gasteiger partial charge in [0, 0.05) is 4.11 Å². The lowest BCUT2D eigenvalue weighted by Gasteiger charge is -2.12. The van der Waals surface area contributed by atoms with Gasteiger partial charge >= 0.3 is 0 Å². The van der Waals surface area contributed by atoms with E-state index in [1.807, 2.05) is 79.7 Å². The number of benzene rings is 4. The fraction of sp³-hybridized carbons (Fsp3) is 0.107. The molecule has 5 rings (SSSR count). The number of aryl methyl sites for hydroxylation is 3. The van der Waals surface area contributed by atoms with E-state index in [4.69, 9.17) is 4.11 Å². The van der Waals surface area contributed by atoms with Crippen molar-refractivity contribution in [2.75, 3.05) is 0 Å². The Morgan fingerprint density at radius 1 is 0.733 bits per heavy atom. The molecule has 0 radical (unpaired) electrons. The molecule has 1 heterocycles. The fourth-order valence-electron chi connectivity index (χ4n) is 4.26. The van der Waals surface area contributed by atoms with Crippen LogP contribution in [0.5, 0.6) is 0 Å². The highest BCUT2D eigenvalue weighted by atomic mass is 15.2. The molecule has 0 aliphatic rings. The van der Waals surface area contributed by atoms with Crippen molar-refractivity contribution in [1.29, 1.82) is 0 Å². The van der Waals surface area contributed by atoms with Crippen molar-refractivity contribution in [2.24, 2.45) is 7.05 Å². The molecule has 146 valence electrons. The number of nitrogens with zero attached hydrogens (tertiary/aromatic N) is 2. The zero-order valence-corrected chi connectivity index (χ0v) is 17.1. The second-order valence-corrected chi connectivity index (χ2v) is 7.62. The Morgan fingerprint density at radius 2 is 1.40 bits per heavy atom. The van der Waals surface area contributed by atoms with Gasteiger partial charge in [0.1, 0.15) is 5.69 Å². The Bertz CT molecular complexity index is 1450. The minimum absolute atomic E-state index is 0.375. The summed E-state index contributed by atoms with van der Waals surface area (Å²) < 4.78 is 28.9. The van der Waals surface area contributed by atoms with E-state index in [9.17, 15) is 0 Å². The molecule has 5 aromatic rings. The Labute approximate surface area is 181 Å². The van der Waals surface area contributed by atoms with E-state index in [2.05, 4.69) is 40.4 Å². The van der Waals surface area contributed by atoms with Crippen LogP contribution in [0, 0.1) is 13.8 Å². The van der Waals surface area contributed by atoms with Crippen molar-refractivity contribution >= 4 is 11.0 Å². The topological polar surface area (TPSA) is 8.81 Å². The first-order valence-electron chi connectivity index (χ1n) is 11.6. The van der Waals surface area contributed by atoms with Crippen LogP contribution >= 0.6 is 0 Å². The Kier molecular flexibility index (Phi) is 3.71. The molecule has 0 saturated carbocycles. The first-order valence-corrected chi connectivity index (χ1v) is 10.1. The summed E-state index contributed by atoms with van der Waals surface area (Å²) in [5.41, 5.74) is 7.21. The molecular weight excluding hydrogens is 364 g/mol. The Balaban J connectivity index is 1.88. The van der Waals surface area contributed by atoms with Gasteiger partial charge in [-0.1, -0.05) is 66.7 Å². The normalized spacial score (nSPS) is 13.1. The van der Waals surface area contributed by atoms with Gasteiger partial charge in [0.05, 0.1) is 12.6 Å². The highest BCUT2D eigenvalue weighted by molar-refractivity contribution is 5.82. The van der Waals surface area contributed by atoms with Crippen LogP contribution in [0.2, 0.25) is 0 Å². The summed E-state index contributed by atoms with van der Waals surface area (Å²) in [7, 11) is 2.07. The molecule has 2 heteroatoms. The predicted molar refractivity (Wildman–Crippen MR) is 125 cm³/mol. The van der Waals surface area contributed by atoms with E-state index in [1.165, 1.54) is 0 Å². The number of fused-ring (bicyclic) bond motifs is 1. The smallest absolute Gasteiger partial charge is 0.225 e. The molecule has 0 aliphatic carbocycles. The van der Waals surface area contributed by atoms with Crippen molar-refractivity contribution in [3.05, 3.63) is 108 Å². The molecular formula is C28H25N2+. The lowest BCUT2D eigenvalue weighted by Crippen LogP contribution is -2.30. The van der Waals surface area contributed by atoms with Crippen LogP contribution in [0.4, 0.5) is 0 Å². The van der Waals surface area contributed by atoms with Crippen molar-refractivity contribution in [3.8, 4) is 28.2 Å². The summed E-state index contributed by atoms with van der Waals surface area (Å²) in [5, 5.41) is 0. The summed E-state index contributed by atoms with van der Waals surface area (Å²) in [6.07, 6.45) is 0. The molecule has 0 bridgehead atoms. The third kappa shape index (κ3) is 2.93. The standard InChI is InChI=1S/C28H25N2/c1-20-18-21(2)25(19-24(20)22-12-6-4-7-13-22)28-29(3)26-16-10-11-17-27(26)30(28)23-14-8-5-9-15-23/h4-19H,1-3H3/q+1/i1D3. The molecule has 1 aromatic heterocycles. The second kappa shape index (κ2) is 7.31. The van der Waals surface area contributed by atoms with E-state index in [-0.39, 0.29) is 0 Å². The maximum atomic E-state index is 8.16. The van der Waals surface area contributed by atoms with E-state index >= 15 is 0 Å². The molecule has 0 aliphatic heterocycles. The monoisotopic (exact) mass is 392 g/mol. The van der Waals surface area contributed by atoms with E-state index < -0.39 is 6.85 Å². The number of aromatic nitrogens is 2. The number of imidazole rings is 1. The van der Waals surface area contributed by atoms with Gasteiger partial charge in [-0.2, -0.15) is 4.57 Å². The summed E-state index contributed by atoms with van der Waals surface area (Å²) in [4.78, 5) is 0. The molecule has 0 N–H and O–H groups in total. The lowest BCUT2D eigenvalue weighted by molar-refractivity contribution is -0.633. The minimum atomic E-state index is -2.21. The zero-order valence-electron chi connectivity index (χ0n) is 20.1. The van der Waals surface area contributed by atoms with Gasteiger partial charge in [0.2, 0.25) is 0 Å². The van der Waals surface area contributed by atoms with Gasteiger partial charge in [0.15, 0.2) is 11.0 Å². The molecule has 0 fully saturated rings. The largest absolute Gasteiger partial charge is 0.295 e. The average molecular weight is 393 g/mol. The SMILES string of the molecule is [2H]C([2H])([2H])c1cc(C)c(-c2n(-c3ccccc3)c3ccccc3[n+]2C)cc1-c1ccccc1. The molecule has 0 saturated heterocycles. The number of rotatable bonds is 3. The lowest BCUT2D eigenvalue weighted by atomic mass is 9.94. The quantitative estimate of drug-likeness (QED) is 0.314. The first-order chi connectivity index (χ1) is 15.9. The third-order valence-corrected chi connectivity index (χ3v) is 5.72. The summed E-state index contributed by atoms with van der Waals surface area (Å²) >= 11 is 0. The fourth-order valence-corrected chi connectivity index (χ4v) is 4.26. The third-order valence-electron chi connectivity index (χ3n) is 5.72. The van der Waals surface area contributed by atoms with E-state index in [1.54, 1.807) is 0 Å². The number of para-hydroxylation sites is 3. The highest BCUT2D eigenvalue weighted by Crippen LogP contribution is 2.34. The molecule has 4 aromatic carbocycles. The highest BCUT2D eigenvalue weighted by Gasteiger charge is 2.27. The van der Waals surface area contributed by atoms with E-state index in [0.29, 0.717) is 5.56 Å². The van der Waals surface area contributed by atoms with Gasteiger partial charge in [-0.05, 0) is 66.4 Å². The average Bonchev–Trinajstić information content (AvgIpc) is 3.12. The van der Waals surface area contributed by atoms with Crippen LogP contribution < -0.4 is 4.57 Å². The van der Waals surface area contributed by atoms with Crippen LogP contribution in [-0.2, 0) is 7.05 Å². The molecule has 0 spiro atoms. The van der Waals surface area contributed by atoms with Gasteiger partial charge < -0.3 is 0 Å². The van der Waals surface area contributed by atoms with Gasteiger partial charge in [-0.3, -0.25) is 0 Å². The molecule has 2 nitrogen and oxygen atoms in total. The number of hydrogen-bond donors (Lipinski definition) is 0. The van der Waals surface area contributed by atoms with E-state index in [0.717, 1.165) is 44.8 Å². The Hall–Kier alpha value is -3.65. The minimum Gasteiger partial charge on any atom is -0.225 e. The van der Waals surface area contributed by atoms with Gasteiger partial charge in [0.25, 0.3) is 5.82 Å². The second-order valence-electron chi connectivity index (χ2n) is 7.62.